The van der Waals surface area contributed by atoms with Gasteiger partial charge in [0.05, 0.1) is 13.2 Å². The number of anilines is 1. The summed E-state index contributed by atoms with van der Waals surface area (Å²) in [5.41, 5.74) is 1.18. The highest BCUT2D eigenvalue weighted by molar-refractivity contribution is 5.73. The summed E-state index contributed by atoms with van der Waals surface area (Å²) in [6.07, 6.45) is 1.77. The highest BCUT2D eigenvalue weighted by Gasteiger charge is 2.35. The first-order valence-electron chi connectivity index (χ1n) is 8.02. The minimum absolute atomic E-state index is 0.0146. The fourth-order valence-corrected chi connectivity index (χ4v) is 3.21. The molecule has 1 N–H and O–H groups in total. The van der Waals surface area contributed by atoms with Gasteiger partial charge < -0.3 is 15.0 Å². The summed E-state index contributed by atoms with van der Waals surface area (Å²) < 4.78 is 5.23. The van der Waals surface area contributed by atoms with E-state index in [1.807, 2.05) is 25.1 Å². The smallest absolute Gasteiger partial charge is 0.217 e. The molecule has 0 aliphatic carbocycles. The first-order valence-corrected chi connectivity index (χ1v) is 8.02. The molecule has 3 rings (SSSR count). The molecule has 2 heterocycles. The lowest BCUT2D eigenvalue weighted by Gasteiger charge is -2.19. The Hall–Kier alpha value is -2.63. The van der Waals surface area contributed by atoms with Gasteiger partial charge >= 0.3 is 0 Å². The molecule has 1 saturated heterocycles. The van der Waals surface area contributed by atoms with Gasteiger partial charge in [0, 0.05) is 32.1 Å². The van der Waals surface area contributed by atoms with Crippen LogP contribution >= 0.6 is 0 Å². The fourth-order valence-electron chi connectivity index (χ4n) is 3.21. The Kier molecular flexibility index (Phi) is 4.64. The molecule has 0 saturated carbocycles. The van der Waals surface area contributed by atoms with Crippen molar-refractivity contribution < 1.29 is 9.53 Å². The summed E-state index contributed by atoms with van der Waals surface area (Å²) in [5, 5.41) is 3.08. The van der Waals surface area contributed by atoms with Crippen molar-refractivity contribution in [2.75, 3.05) is 25.1 Å². The largest absolute Gasteiger partial charge is 0.497 e. The van der Waals surface area contributed by atoms with Crippen LogP contribution in [0.4, 0.5) is 5.82 Å². The average molecular weight is 326 g/mol. The number of methoxy groups -OCH3 is 1. The topological polar surface area (TPSA) is 67.3 Å². The standard InChI is InChI=1S/C18H22N4O2/c1-12-19-9-8-18(20-12)22-10-16(17(11-22)21-13(2)23)14-4-6-15(24-3)7-5-14/h4-9,16-17H,10-11H2,1-3H3,(H,21,23). The monoisotopic (exact) mass is 326 g/mol. The van der Waals surface area contributed by atoms with Crippen LogP contribution in [0.1, 0.15) is 24.2 Å². The van der Waals surface area contributed by atoms with Crippen molar-refractivity contribution in [3.05, 3.63) is 47.9 Å². The number of ether oxygens (including phenoxy) is 1. The van der Waals surface area contributed by atoms with Crippen LogP contribution in [-0.4, -0.2) is 42.1 Å². The Bertz CT molecular complexity index is 717. The number of hydrogen-bond acceptors (Lipinski definition) is 5. The second-order valence-electron chi connectivity index (χ2n) is 6.05. The van der Waals surface area contributed by atoms with Crippen LogP contribution in [-0.2, 0) is 4.79 Å². The minimum atomic E-state index is -0.0146. The zero-order chi connectivity index (χ0) is 17.1. The lowest BCUT2D eigenvalue weighted by atomic mass is 9.94. The van der Waals surface area contributed by atoms with E-state index in [4.69, 9.17) is 4.74 Å². The van der Waals surface area contributed by atoms with Gasteiger partial charge in [-0.2, -0.15) is 0 Å². The maximum atomic E-state index is 11.6. The SMILES string of the molecule is COc1ccc(C2CN(c3ccnc(C)n3)CC2NC(C)=O)cc1. The third-order valence-electron chi connectivity index (χ3n) is 4.34. The van der Waals surface area contributed by atoms with E-state index in [1.165, 1.54) is 5.56 Å². The van der Waals surface area contributed by atoms with E-state index >= 15 is 0 Å². The normalized spacial score (nSPS) is 20.0. The molecule has 126 valence electrons. The van der Waals surface area contributed by atoms with E-state index in [9.17, 15) is 4.79 Å². The lowest BCUT2D eigenvalue weighted by molar-refractivity contribution is -0.119. The predicted octanol–water partition coefficient (Wildman–Crippen LogP) is 1.90. The van der Waals surface area contributed by atoms with Crippen LogP contribution in [0.15, 0.2) is 36.5 Å². The molecule has 2 unspecified atom stereocenters. The van der Waals surface area contributed by atoms with Crippen LogP contribution in [0, 0.1) is 6.92 Å². The van der Waals surface area contributed by atoms with E-state index in [2.05, 4.69) is 32.3 Å². The average Bonchev–Trinajstić information content (AvgIpc) is 2.98. The van der Waals surface area contributed by atoms with Gasteiger partial charge in [-0.3, -0.25) is 4.79 Å². The number of aryl methyl sites for hydroxylation is 1. The molecule has 0 bridgehead atoms. The minimum Gasteiger partial charge on any atom is -0.497 e. The zero-order valence-electron chi connectivity index (χ0n) is 14.2. The van der Waals surface area contributed by atoms with Crippen LogP contribution in [0.2, 0.25) is 0 Å². The number of nitrogens with one attached hydrogen (secondary N) is 1. The molecule has 2 aromatic rings. The van der Waals surface area contributed by atoms with Gasteiger partial charge in [-0.1, -0.05) is 12.1 Å². The molecule has 1 aliphatic rings. The lowest BCUT2D eigenvalue weighted by Crippen LogP contribution is -2.38. The van der Waals surface area contributed by atoms with E-state index in [-0.39, 0.29) is 17.9 Å². The number of carbonyl (C=O) groups excluding carboxylic acids is 1. The molecular formula is C18H22N4O2. The Balaban J connectivity index is 1.86. The number of nitrogens with zero attached hydrogens (tertiary/aromatic N) is 3. The number of carbonyl (C=O) groups is 1. The van der Waals surface area contributed by atoms with Crippen molar-refractivity contribution in [2.24, 2.45) is 0 Å². The van der Waals surface area contributed by atoms with E-state index in [0.29, 0.717) is 0 Å². The molecule has 0 spiro atoms. The van der Waals surface area contributed by atoms with E-state index < -0.39 is 0 Å². The third-order valence-corrected chi connectivity index (χ3v) is 4.34. The number of hydrogen-bond donors (Lipinski definition) is 1. The molecule has 6 heteroatoms. The van der Waals surface area contributed by atoms with Crippen molar-refractivity contribution in [3.8, 4) is 5.75 Å². The van der Waals surface area contributed by atoms with Gasteiger partial charge in [0.15, 0.2) is 0 Å². The summed E-state index contributed by atoms with van der Waals surface area (Å²) in [6.45, 7) is 4.97. The van der Waals surface area contributed by atoms with Crippen molar-refractivity contribution in [1.82, 2.24) is 15.3 Å². The number of aromatic nitrogens is 2. The molecule has 0 radical (unpaired) electrons. The molecule has 1 aromatic carbocycles. The second kappa shape index (κ2) is 6.86. The van der Waals surface area contributed by atoms with Crippen molar-refractivity contribution in [3.63, 3.8) is 0 Å². The van der Waals surface area contributed by atoms with Crippen LogP contribution in [0.3, 0.4) is 0 Å². The van der Waals surface area contributed by atoms with Gasteiger partial charge in [-0.15, -0.1) is 0 Å². The Morgan fingerprint density at radius 1 is 1.25 bits per heavy atom. The molecule has 1 aliphatic heterocycles. The molecule has 1 aromatic heterocycles. The third kappa shape index (κ3) is 3.48. The highest BCUT2D eigenvalue weighted by Crippen LogP contribution is 2.31. The molecule has 24 heavy (non-hydrogen) atoms. The van der Waals surface area contributed by atoms with E-state index in [0.717, 1.165) is 30.5 Å². The van der Waals surface area contributed by atoms with Crippen molar-refractivity contribution >= 4 is 11.7 Å². The molecular weight excluding hydrogens is 304 g/mol. The van der Waals surface area contributed by atoms with Gasteiger partial charge in [0.2, 0.25) is 5.91 Å². The first-order chi connectivity index (χ1) is 11.6. The Morgan fingerprint density at radius 3 is 2.62 bits per heavy atom. The fraction of sp³-hybridized carbons (Fsp3) is 0.389. The summed E-state index contributed by atoms with van der Waals surface area (Å²) in [7, 11) is 1.66. The number of benzene rings is 1. The van der Waals surface area contributed by atoms with Crippen LogP contribution < -0.4 is 15.0 Å². The summed E-state index contributed by atoms with van der Waals surface area (Å²) >= 11 is 0. The number of rotatable bonds is 4. The Morgan fingerprint density at radius 2 is 2.00 bits per heavy atom. The Labute approximate surface area is 141 Å². The maximum Gasteiger partial charge on any atom is 0.217 e. The van der Waals surface area contributed by atoms with Gasteiger partial charge in [0.1, 0.15) is 17.4 Å². The van der Waals surface area contributed by atoms with Crippen LogP contribution in [0.25, 0.3) is 0 Å². The summed E-state index contributed by atoms with van der Waals surface area (Å²) in [6, 6.07) is 10.00. The van der Waals surface area contributed by atoms with Gasteiger partial charge in [-0.05, 0) is 30.7 Å². The molecule has 2 atom stereocenters. The van der Waals surface area contributed by atoms with Crippen molar-refractivity contribution in [1.29, 1.82) is 0 Å². The predicted molar refractivity (Wildman–Crippen MR) is 92.3 cm³/mol. The maximum absolute atomic E-state index is 11.6. The summed E-state index contributed by atoms with van der Waals surface area (Å²) in [5.74, 6) is 2.66. The highest BCUT2D eigenvalue weighted by atomic mass is 16.5. The summed E-state index contributed by atoms with van der Waals surface area (Å²) in [4.78, 5) is 22.5. The molecule has 6 nitrogen and oxygen atoms in total. The quantitative estimate of drug-likeness (QED) is 0.929. The van der Waals surface area contributed by atoms with Crippen LogP contribution in [0.5, 0.6) is 5.75 Å². The second-order valence-corrected chi connectivity index (χ2v) is 6.05. The first kappa shape index (κ1) is 16.2. The number of amides is 1. The molecule has 1 fully saturated rings. The van der Waals surface area contributed by atoms with Gasteiger partial charge in [-0.25, -0.2) is 9.97 Å². The van der Waals surface area contributed by atoms with E-state index in [1.54, 1.807) is 20.2 Å². The van der Waals surface area contributed by atoms with Crippen molar-refractivity contribution in [2.45, 2.75) is 25.8 Å². The molecule has 1 amide bonds. The van der Waals surface area contributed by atoms with Gasteiger partial charge in [0.25, 0.3) is 0 Å². The zero-order valence-corrected chi connectivity index (χ0v) is 14.2.